The lowest BCUT2D eigenvalue weighted by molar-refractivity contribution is -0.130. The van der Waals surface area contributed by atoms with Gasteiger partial charge >= 0.3 is 0 Å². The normalized spacial score (nSPS) is 32.0. The highest BCUT2D eigenvalue weighted by Gasteiger charge is 2.52. The van der Waals surface area contributed by atoms with Crippen LogP contribution in [-0.2, 0) is 4.79 Å². The molecule has 2 fully saturated rings. The van der Waals surface area contributed by atoms with Gasteiger partial charge in [-0.25, -0.2) is 0 Å². The SMILES string of the molecule is CC(C)C.CC(CCC(C)(C)C)C(C)C1CCC2C(=O)CCCC21C. The number of carbonyl (C=O) groups is 1. The topological polar surface area (TPSA) is 17.1 Å². The van der Waals surface area contributed by atoms with Gasteiger partial charge in [0.15, 0.2) is 0 Å². The maximum atomic E-state index is 12.3. The molecule has 1 heteroatoms. The van der Waals surface area contributed by atoms with Crippen LogP contribution in [0.3, 0.4) is 0 Å². The molecule has 0 spiro atoms. The van der Waals surface area contributed by atoms with Crippen LogP contribution in [0.1, 0.15) is 107 Å². The van der Waals surface area contributed by atoms with Gasteiger partial charge in [0.1, 0.15) is 5.78 Å². The zero-order valence-corrected chi connectivity index (χ0v) is 18.7. The molecule has 25 heavy (non-hydrogen) atoms. The van der Waals surface area contributed by atoms with Crippen molar-refractivity contribution in [2.24, 2.45) is 40.4 Å². The third-order valence-corrected chi connectivity index (χ3v) is 6.82. The molecule has 0 aromatic carbocycles. The van der Waals surface area contributed by atoms with Gasteiger partial charge in [-0.1, -0.05) is 62.3 Å². The zero-order chi connectivity index (χ0) is 19.4. The number of Topliss-reactive ketones (excluding diaryl/α,β-unsaturated/α-hetero) is 1. The van der Waals surface area contributed by atoms with Crippen LogP contribution in [0.15, 0.2) is 0 Å². The van der Waals surface area contributed by atoms with E-state index in [2.05, 4.69) is 62.3 Å². The van der Waals surface area contributed by atoms with E-state index in [-0.39, 0.29) is 0 Å². The number of carbonyl (C=O) groups excluding carboxylic acids is 1. The van der Waals surface area contributed by atoms with Crippen molar-refractivity contribution in [2.75, 3.05) is 0 Å². The molecule has 148 valence electrons. The van der Waals surface area contributed by atoms with E-state index in [9.17, 15) is 4.79 Å². The van der Waals surface area contributed by atoms with Crippen molar-refractivity contribution in [3.05, 3.63) is 0 Å². The molecule has 2 aliphatic rings. The van der Waals surface area contributed by atoms with Crippen LogP contribution in [0.2, 0.25) is 0 Å². The van der Waals surface area contributed by atoms with E-state index < -0.39 is 0 Å². The summed E-state index contributed by atoms with van der Waals surface area (Å²) >= 11 is 0. The highest BCUT2D eigenvalue weighted by Crippen LogP contribution is 2.57. The summed E-state index contributed by atoms with van der Waals surface area (Å²) in [5.74, 6) is 4.09. The Hall–Kier alpha value is -0.330. The first-order valence-electron chi connectivity index (χ1n) is 10.9. The molecule has 0 bridgehead atoms. The van der Waals surface area contributed by atoms with Gasteiger partial charge in [-0.15, -0.1) is 0 Å². The van der Waals surface area contributed by atoms with E-state index in [1.807, 2.05) is 0 Å². The second-order valence-electron chi connectivity index (χ2n) is 11.2. The Balaban J connectivity index is 0.000000705. The van der Waals surface area contributed by atoms with E-state index in [4.69, 9.17) is 0 Å². The highest BCUT2D eigenvalue weighted by molar-refractivity contribution is 5.83. The fourth-order valence-corrected chi connectivity index (χ4v) is 5.15. The van der Waals surface area contributed by atoms with Gasteiger partial charge in [-0.2, -0.15) is 0 Å². The number of rotatable bonds is 4. The van der Waals surface area contributed by atoms with Crippen molar-refractivity contribution in [3.63, 3.8) is 0 Å². The number of hydrogen-bond acceptors (Lipinski definition) is 1. The minimum Gasteiger partial charge on any atom is -0.299 e. The summed E-state index contributed by atoms with van der Waals surface area (Å²) in [5.41, 5.74) is 0.752. The molecule has 0 aromatic rings. The van der Waals surface area contributed by atoms with E-state index in [0.29, 0.717) is 22.5 Å². The molecular weight excluding hydrogens is 304 g/mol. The zero-order valence-electron chi connectivity index (χ0n) is 18.7. The van der Waals surface area contributed by atoms with Crippen LogP contribution in [0, 0.1) is 40.4 Å². The average Bonchev–Trinajstić information content (AvgIpc) is 2.81. The number of hydrogen-bond donors (Lipinski definition) is 0. The molecule has 2 rings (SSSR count). The molecule has 0 N–H and O–H groups in total. The van der Waals surface area contributed by atoms with Crippen molar-refractivity contribution in [1.82, 2.24) is 0 Å². The molecule has 1 nitrogen and oxygen atoms in total. The van der Waals surface area contributed by atoms with Gasteiger partial charge in [0, 0.05) is 12.3 Å². The molecule has 2 saturated carbocycles. The summed E-state index contributed by atoms with van der Waals surface area (Å²) in [5, 5.41) is 0. The summed E-state index contributed by atoms with van der Waals surface area (Å²) < 4.78 is 0. The van der Waals surface area contributed by atoms with E-state index >= 15 is 0 Å². The predicted octanol–water partition coefficient (Wildman–Crippen LogP) is 7.53. The second kappa shape index (κ2) is 9.05. The average molecular weight is 351 g/mol. The lowest BCUT2D eigenvalue weighted by Gasteiger charge is -2.44. The van der Waals surface area contributed by atoms with Crippen LogP contribution in [0.5, 0.6) is 0 Å². The Bertz CT molecular complexity index is 414. The summed E-state index contributed by atoms with van der Waals surface area (Å²) in [6.07, 6.45) is 8.35. The molecule has 0 amide bonds. The molecule has 0 aromatic heterocycles. The van der Waals surface area contributed by atoms with Crippen molar-refractivity contribution in [1.29, 1.82) is 0 Å². The fourth-order valence-electron chi connectivity index (χ4n) is 5.15. The second-order valence-corrected chi connectivity index (χ2v) is 11.2. The Morgan fingerprint density at radius 2 is 1.64 bits per heavy atom. The van der Waals surface area contributed by atoms with E-state index in [1.165, 1.54) is 25.7 Å². The Morgan fingerprint density at radius 1 is 1.08 bits per heavy atom. The van der Waals surface area contributed by atoms with Gasteiger partial charge in [-0.3, -0.25) is 4.79 Å². The van der Waals surface area contributed by atoms with Crippen LogP contribution >= 0.6 is 0 Å². The molecule has 0 radical (unpaired) electrons. The highest BCUT2D eigenvalue weighted by atomic mass is 16.1. The summed E-state index contributed by atoms with van der Waals surface area (Å²) in [7, 11) is 0. The maximum Gasteiger partial charge on any atom is 0.136 e. The Morgan fingerprint density at radius 3 is 2.16 bits per heavy atom. The third-order valence-electron chi connectivity index (χ3n) is 6.82. The minimum absolute atomic E-state index is 0.310. The molecule has 2 aliphatic carbocycles. The van der Waals surface area contributed by atoms with Gasteiger partial charge in [0.25, 0.3) is 0 Å². The standard InChI is InChI=1S/C20H36O.C4H10/c1-14(11-13-19(3,4)5)15(2)16-9-10-17-18(21)8-7-12-20(16,17)6;1-4(2)3/h14-17H,7-13H2,1-6H3;4H,1-3H3. The Labute approximate surface area is 158 Å². The first-order valence-corrected chi connectivity index (χ1v) is 10.9. The van der Waals surface area contributed by atoms with Gasteiger partial charge in [0.05, 0.1) is 0 Å². The van der Waals surface area contributed by atoms with Gasteiger partial charge in [-0.05, 0) is 73.0 Å². The first kappa shape index (κ1) is 22.7. The smallest absolute Gasteiger partial charge is 0.136 e. The monoisotopic (exact) mass is 350 g/mol. The molecule has 0 saturated heterocycles. The quantitative estimate of drug-likeness (QED) is 0.512. The molecule has 5 atom stereocenters. The minimum atomic E-state index is 0.310. The third kappa shape index (κ3) is 6.40. The van der Waals surface area contributed by atoms with Gasteiger partial charge < -0.3 is 0 Å². The van der Waals surface area contributed by atoms with Gasteiger partial charge in [0.2, 0.25) is 0 Å². The van der Waals surface area contributed by atoms with Crippen molar-refractivity contribution >= 4 is 5.78 Å². The van der Waals surface area contributed by atoms with E-state index in [1.54, 1.807) is 0 Å². The van der Waals surface area contributed by atoms with Crippen LogP contribution < -0.4 is 0 Å². The van der Waals surface area contributed by atoms with Crippen LogP contribution in [0.4, 0.5) is 0 Å². The maximum absolute atomic E-state index is 12.3. The van der Waals surface area contributed by atoms with Crippen LogP contribution in [-0.4, -0.2) is 5.78 Å². The van der Waals surface area contributed by atoms with E-state index in [0.717, 1.165) is 42.9 Å². The van der Waals surface area contributed by atoms with Crippen molar-refractivity contribution in [3.8, 4) is 0 Å². The number of ketones is 1. The first-order chi connectivity index (χ1) is 11.4. The van der Waals surface area contributed by atoms with Crippen molar-refractivity contribution in [2.45, 2.75) is 107 Å². The molecule has 5 unspecified atom stereocenters. The largest absolute Gasteiger partial charge is 0.299 e. The Kier molecular flexibility index (Phi) is 8.22. The molecule has 0 heterocycles. The summed E-state index contributed by atoms with van der Waals surface area (Å²) in [6, 6.07) is 0. The molecular formula is C24H46O. The van der Waals surface area contributed by atoms with Crippen molar-refractivity contribution < 1.29 is 4.79 Å². The summed E-state index contributed by atoms with van der Waals surface area (Å²) in [6.45, 7) is 20.9. The number of fused-ring (bicyclic) bond motifs is 1. The summed E-state index contributed by atoms with van der Waals surface area (Å²) in [4.78, 5) is 12.3. The lowest BCUT2D eigenvalue weighted by Crippen LogP contribution is -2.40. The predicted molar refractivity (Wildman–Crippen MR) is 111 cm³/mol. The fraction of sp³-hybridized carbons (Fsp3) is 0.958. The molecule has 0 aliphatic heterocycles. The lowest BCUT2D eigenvalue weighted by atomic mass is 9.60. The van der Waals surface area contributed by atoms with Crippen LogP contribution in [0.25, 0.3) is 0 Å².